The Kier molecular flexibility index (Phi) is 3.84. The summed E-state index contributed by atoms with van der Waals surface area (Å²) >= 11 is 4.78. The Hall–Kier alpha value is -1.50. The Balaban J connectivity index is 2.52. The molecule has 2 aromatic rings. The van der Waals surface area contributed by atoms with Crippen LogP contribution in [0, 0.1) is 0 Å². The van der Waals surface area contributed by atoms with Crippen LogP contribution in [0.5, 0.6) is 0 Å². The Bertz CT molecular complexity index is 721. The fourth-order valence-electron chi connectivity index (χ4n) is 1.78. The summed E-state index contributed by atoms with van der Waals surface area (Å²) in [6.07, 6.45) is 0. The third-order valence-electron chi connectivity index (χ3n) is 2.80. The van der Waals surface area contributed by atoms with E-state index in [1.807, 2.05) is 18.2 Å². The van der Waals surface area contributed by atoms with Gasteiger partial charge in [0.05, 0.1) is 15.9 Å². The molecular weight excluding hydrogens is 280 g/mol. The molecule has 1 atom stereocenters. The molecule has 0 aliphatic rings. The topological polar surface area (TPSA) is 72.2 Å². The van der Waals surface area contributed by atoms with Crippen LogP contribution in [-0.4, -0.2) is 19.4 Å². The fourth-order valence-corrected chi connectivity index (χ4v) is 3.37. The molecular formula is C13H14N2O2S2. The highest BCUT2D eigenvalue weighted by molar-refractivity contribution is 7.90. The number of nitrogens with one attached hydrogen (secondary N) is 1. The van der Waals surface area contributed by atoms with E-state index in [0.29, 0.717) is 5.39 Å². The first-order valence-electron chi connectivity index (χ1n) is 5.71. The predicted octanol–water partition coefficient (Wildman–Crippen LogP) is 1.79. The smallest absolute Gasteiger partial charge is 0.241 e. The Morgan fingerprint density at radius 1 is 1.21 bits per heavy atom. The van der Waals surface area contributed by atoms with Gasteiger partial charge in [0.15, 0.2) is 0 Å². The summed E-state index contributed by atoms with van der Waals surface area (Å²) in [5, 5.41) is 1.54. The summed E-state index contributed by atoms with van der Waals surface area (Å²) in [5.41, 5.74) is 5.44. The molecule has 3 N–H and O–H groups in total. The van der Waals surface area contributed by atoms with Crippen molar-refractivity contribution in [2.75, 3.05) is 0 Å². The largest absolute Gasteiger partial charge is 0.392 e. The van der Waals surface area contributed by atoms with Crippen LogP contribution in [0.1, 0.15) is 6.92 Å². The zero-order valence-electron chi connectivity index (χ0n) is 10.3. The van der Waals surface area contributed by atoms with Crippen molar-refractivity contribution in [3.8, 4) is 0 Å². The van der Waals surface area contributed by atoms with Crippen molar-refractivity contribution in [2.45, 2.75) is 17.9 Å². The second kappa shape index (κ2) is 5.24. The molecule has 2 rings (SSSR count). The van der Waals surface area contributed by atoms with Crippen LogP contribution in [-0.2, 0) is 10.0 Å². The lowest BCUT2D eigenvalue weighted by molar-refractivity contribution is 0.580. The van der Waals surface area contributed by atoms with Crippen LogP contribution < -0.4 is 10.5 Å². The van der Waals surface area contributed by atoms with E-state index in [0.717, 1.165) is 5.39 Å². The van der Waals surface area contributed by atoms with Crippen molar-refractivity contribution in [1.82, 2.24) is 4.72 Å². The molecule has 6 heteroatoms. The fraction of sp³-hybridized carbons (Fsp3) is 0.154. The maximum absolute atomic E-state index is 12.3. The summed E-state index contributed by atoms with van der Waals surface area (Å²) < 4.78 is 27.1. The average molecular weight is 294 g/mol. The number of fused-ring (bicyclic) bond motifs is 1. The van der Waals surface area contributed by atoms with Gasteiger partial charge in [-0.3, -0.25) is 0 Å². The minimum Gasteiger partial charge on any atom is -0.392 e. The molecule has 0 saturated heterocycles. The lowest BCUT2D eigenvalue weighted by atomic mass is 10.1. The van der Waals surface area contributed by atoms with E-state index in [9.17, 15) is 8.42 Å². The molecule has 0 heterocycles. The van der Waals surface area contributed by atoms with Crippen molar-refractivity contribution in [3.63, 3.8) is 0 Å². The van der Waals surface area contributed by atoms with E-state index in [4.69, 9.17) is 18.0 Å². The van der Waals surface area contributed by atoms with E-state index >= 15 is 0 Å². The molecule has 0 bridgehead atoms. The highest BCUT2D eigenvalue weighted by Crippen LogP contribution is 2.22. The molecule has 0 saturated carbocycles. The van der Waals surface area contributed by atoms with Gasteiger partial charge in [-0.05, 0) is 18.4 Å². The van der Waals surface area contributed by atoms with Gasteiger partial charge in [-0.1, -0.05) is 48.6 Å². The van der Waals surface area contributed by atoms with Gasteiger partial charge in [0.25, 0.3) is 0 Å². The van der Waals surface area contributed by atoms with E-state index in [-0.39, 0.29) is 9.88 Å². The van der Waals surface area contributed by atoms with Crippen molar-refractivity contribution in [2.24, 2.45) is 5.73 Å². The monoisotopic (exact) mass is 294 g/mol. The molecule has 0 radical (unpaired) electrons. The highest BCUT2D eigenvalue weighted by Gasteiger charge is 2.20. The van der Waals surface area contributed by atoms with E-state index < -0.39 is 16.1 Å². The highest BCUT2D eigenvalue weighted by atomic mass is 32.2. The van der Waals surface area contributed by atoms with Gasteiger partial charge in [-0.15, -0.1) is 0 Å². The van der Waals surface area contributed by atoms with E-state index in [2.05, 4.69) is 4.72 Å². The number of thiocarbonyl (C=S) groups is 1. The number of nitrogens with two attached hydrogens (primary N) is 1. The molecule has 0 fully saturated rings. The van der Waals surface area contributed by atoms with Gasteiger partial charge in [0, 0.05) is 5.39 Å². The normalized spacial score (nSPS) is 13.3. The average Bonchev–Trinajstić information content (AvgIpc) is 2.37. The summed E-state index contributed by atoms with van der Waals surface area (Å²) in [6.45, 7) is 1.62. The minimum atomic E-state index is -3.65. The van der Waals surface area contributed by atoms with Crippen LogP contribution in [0.25, 0.3) is 10.8 Å². The number of hydrogen-bond donors (Lipinski definition) is 2. The van der Waals surface area contributed by atoms with Gasteiger partial charge in [-0.2, -0.15) is 0 Å². The summed E-state index contributed by atoms with van der Waals surface area (Å²) in [6, 6.07) is 11.9. The molecule has 19 heavy (non-hydrogen) atoms. The van der Waals surface area contributed by atoms with Gasteiger partial charge in [0.1, 0.15) is 0 Å². The summed E-state index contributed by atoms with van der Waals surface area (Å²) in [5.74, 6) is 0. The summed E-state index contributed by atoms with van der Waals surface area (Å²) in [7, 11) is -3.65. The van der Waals surface area contributed by atoms with Gasteiger partial charge in [-0.25, -0.2) is 13.1 Å². The van der Waals surface area contributed by atoms with Gasteiger partial charge >= 0.3 is 0 Å². The molecule has 4 nitrogen and oxygen atoms in total. The van der Waals surface area contributed by atoms with Crippen molar-refractivity contribution in [1.29, 1.82) is 0 Å². The van der Waals surface area contributed by atoms with Crippen molar-refractivity contribution < 1.29 is 8.42 Å². The zero-order chi connectivity index (χ0) is 14.0. The van der Waals surface area contributed by atoms with Crippen LogP contribution in [0.4, 0.5) is 0 Å². The quantitative estimate of drug-likeness (QED) is 0.843. The zero-order valence-corrected chi connectivity index (χ0v) is 12.0. The van der Waals surface area contributed by atoms with Crippen molar-refractivity contribution >= 4 is 38.0 Å². The molecule has 1 unspecified atom stereocenters. The predicted molar refractivity (Wildman–Crippen MR) is 80.5 cm³/mol. The second-order valence-corrected chi connectivity index (χ2v) is 6.38. The SMILES string of the molecule is CC(NS(=O)(=O)c1cccc2ccccc12)C(N)=S. The number of benzene rings is 2. The molecule has 0 aliphatic carbocycles. The maximum Gasteiger partial charge on any atom is 0.241 e. The Morgan fingerprint density at radius 3 is 2.53 bits per heavy atom. The van der Waals surface area contributed by atoms with Crippen LogP contribution in [0.2, 0.25) is 0 Å². The van der Waals surface area contributed by atoms with E-state index in [1.165, 1.54) is 0 Å². The second-order valence-electron chi connectivity index (χ2n) is 4.22. The molecule has 100 valence electrons. The van der Waals surface area contributed by atoms with Crippen LogP contribution >= 0.6 is 12.2 Å². The number of rotatable bonds is 4. The number of sulfonamides is 1. The first-order valence-corrected chi connectivity index (χ1v) is 7.60. The summed E-state index contributed by atoms with van der Waals surface area (Å²) in [4.78, 5) is 0.345. The lowest BCUT2D eigenvalue weighted by Gasteiger charge is -2.14. The van der Waals surface area contributed by atoms with Crippen LogP contribution in [0.15, 0.2) is 47.4 Å². The Morgan fingerprint density at radius 2 is 1.84 bits per heavy atom. The molecule has 2 aromatic carbocycles. The van der Waals surface area contributed by atoms with Crippen LogP contribution in [0.3, 0.4) is 0 Å². The minimum absolute atomic E-state index is 0.115. The standard InChI is InChI=1S/C13H14N2O2S2/c1-9(13(14)18)15-19(16,17)12-8-4-6-10-5-2-3-7-11(10)12/h2-9,15H,1H3,(H2,14,18). The maximum atomic E-state index is 12.3. The molecule has 0 spiro atoms. The Labute approximate surface area is 117 Å². The third kappa shape index (κ3) is 2.91. The number of hydrogen-bond acceptors (Lipinski definition) is 3. The van der Waals surface area contributed by atoms with Gasteiger partial charge < -0.3 is 5.73 Å². The first kappa shape index (κ1) is 13.9. The molecule has 0 aromatic heterocycles. The lowest BCUT2D eigenvalue weighted by Crippen LogP contribution is -2.41. The van der Waals surface area contributed by atoms with Gasteiger partial charge in [0.2, 0.25) is 10.0 Å². The first-order chi connectivity index (χ1) is 8.92. The molecule has 0 aliphatic heterocycles. The van der Waals surface area contributed by atoms with E-state index in [1.54, 1.807) is 31.2 Å². The van der Waals surface area contributed by atoms with Crippen molar-refractivity contribution in [3.05, 3.63) is 42.5 Å². The third-order valence-corrected chi connectivity index (χ3v) is 4.75. The molecule has 0 amide bonds.